The zero-order chi connectivity index (χ0) is 24.9. The van der Waals surface area contributed by atoms with E-state index in [0.29, 0.717) is 12.2 Å². The van der Waals surface area contributed by atoms with Crippen molar-refractivity contribution < 1.29 is 19.1 Å². The predicted molar refractivity (Wildman–Crippen MR) is 128 cm³/mol. The molecule has 1 fully saturated rings. The molecule has 3 heterocycles. The van der Waals surface area contributed by atoms with Crippen molar-refractivity contribution in [2.24, 2.45) is 5.92 Å². The molecule has 1 spiro atoms. The van der Waals surface area contributed by atoms with E-state index in [0.717, 1.165) is 16.8 Å². The number of ether oxygens (including phenoxy) is 1. The van der Waals surface area contributed by atoms with E-state index in [1.165, 1.54) is 18.0 Å². The highest BCUT2D eigenvalue weighted by atomic mass is 16.5. The molecule has 180 valence electrons. The molecule has 1 saturated heterocycles. The quantitative estimate of drug-likeness (QED) is 0.529. The number of carbonyl (C=O) groups excluding carboxylic acids is 3. The number of likely N-dealkylation sites (tertiary alicyclic amines) is 1. The van der Waals surface area contributed by atoms with Gasteiger partial charge in [-0.3, -0.25) is 9.59 Å². The third-order valence-corrected chi connectivity index (χ3v) is 6.87. The molecule has 2 aliphatic rings. The average molecular weight is 474 g/mol. The minimum Gasteiger partial charge on any atom is -0.464 e. The molecule has 0 radical (unpaired) electrons. The zero-order valence-electron chi connectivity index (χ0n) is 20.1. The van der Waals surface area contributed by atoms with Crippen molar-refractivity contribution in [1.29, 1.82) is 0 Å². The minimum atomic E-state index is -1.07. The number of benzene rings is 2. The summed E-state index contributed by atoms with van der Waals surface area (Å²) in [5.74, 6) is -0.494. The van der Waals surface area contributed by atoms with Gasteiger partial charge in [0, 0.05) is 25.7 Å². The Balaban J connectivity index is 1.71. The second kappa shape index (κ2) is 8.33. The summed E-state index contributed by atoms with van der Waals surface area (Å²) in [6.07, 6.45) is 1.57. The molecule has 3 aromatic rings. The van der Waals surface area contributed by atoms with E-state index in [2.05, 4.69) is 24.2 Å². The molecule has 9 nitrogen and oxygen atoms in total. The summed E-state index contributed by atoms with van der Waals surface area (Å²) in [6.45, 7) is 4.68. The molecule has 0 bridgehead atoms. The lowest BCUT2D eigenvalue weighted by Gasteiger charge is -2.33. The van der Waals surface area contributed by atoms with Crippen LogP contribution in [0.2, 0.25) is 0 Å². The number of carbonyl (C=O) groups is 3. The minimum absolute atomic E-state index is 0.0706. The van der Waals surface area contributed by atoms with Gasteiger partial charge in [-0.2, -0.15) is 0 Å². The first-order valence-corrected chi connectivity index (χ1v) is 11.6. The molecule has 0 aliphatic carbocycles. The van der Waals surface area contributed by atoms with Gasteiger partial charge in [-0.15, -0.1) is 5.10 Å². The Morgan fingerprint density at radius 1 is 1.17 bits per heavy atom. The van der Waals surface area contributed by atoms with Gasteiger partial charge in [0.05, 0.1) is 25.0 Å². The molecule has 2 atom stereocenters. The van der Waals surface area contributed by atoms with Crippen LogP contribution in [0.5, 0.6) is 0 Å². The molecular formula is C26H27N5O4. The maximum atomic E-state index is 14.2. The van der Waals surface area contributed by atoms with Gasteiger partial charge < -0.3 is 14.5 Å². The van der Waals surface area contributed by atoms with Crippen molar-refractivity contribution in [3.63, 3.8) is 0 Å². The number of nitrogens with zero attached hydrogens (tertiary/aromatic N) is 5. The SMILES string of the molecule is COC(=O)c1cn(-c2ccc3c(c2)[C@]2(CC(=O)N(C)C2c2ccccc2)C(=O)N3CC(C)C)nn1. The molecule has 0 N–H and O–H groups in total. The predicted octanol–water partition coefficient (Wildman–Crippen LogP) is 2.90. The van der Waals surface area contributed by atoms with Crippen LogP contribution in [-0.4, -0.2) is 58.4 Å². The van der Waals surface area contributed by atoms with Crippen LogP contribution < -0.4 is 4.90 Å². The van der Waals surface area contributed by atoms with Crippen LogP contribution in [0, 0.1) is 5.92 Å². The Bertz CT molecular complexity index is 1320. The number of likely N-dealkylation sites (N-methyl/N-ethyl adjacent to an activating group) is 1. The molecule has 9 heteroatoms. The normalized spacial score (nSPS) is 21.3. The van der Waals surface area contributed by atoms with Crippen LogP contribution in [0.1, 0.15) is 47.9 Å². The Morgan fingerprint density at radius 3 is 2.60 bits per heavy atom. The highest BCUT2D eigenvalue weighted by Gasteiger charge is 2.62. The zero-order valence-corrected chi connectivity index (χ0v) is 20.1. The van der Waals surface area contributed by atoms with Crippen LogP contribution in [0.4, 0.5) is 5.69 Å². The standard InChI is InChI=1S/C26H27N5O4/c1-16(2)14-30-21-11-10-18(31-15-20(27-28-31)24(33)35-4)12-19(21)26(25(30)34)13-22(32)29(3)23(26)17-8-6-5-7-9-17/h5-12,15-16,23H,13-14H2,1-4H3/t23?,26-/m0/s1. The first-order chi connectivity index (χ1) is 16.8. The molecule has 0 saturated carbocycles. The van der Waals surface area contributed by atoms with Crippen LogP contribution in [0.25, 0.3) is 5.69 Å². The molecular weight excluding hydrogens is 446 g/mol. The largest absolute Gasteiger partial charge is 0.464 e. The molecule has 2 aromatic carbocycles. The van der Waals surface area contributed by atoms with Crippen molar-refractivity contribution in [1.82, 2.24) is 19.9 Å². The Kier molecular flexibility index (Phi) is 5.42. The summed E-state index contributed by atoms with van der Waals surface area (Å²) in [6, 6.07) is 14.9. The second-order valence-electron chi connectivity index (χ2n) is 9.52. The fourth-order valence-electron chi connectivity index (χ4n) is 5.37. The molecule has 5 rings (SSSR count). The van der Waals surface area contributed by atoms with Crippen LogP contribution in [0.3, 0.4) is 0 Å². The van der Waals surface area contributed by atoms with Crippen molar-refractivity contribution in [3.05, 3.63) is 71.5 Å². The van der Waals surface area contributed by atoms with Gasteiger partial charge in [0.25, 0.3) is 0 Å². The summed E-state index contributed by atoms with van der Waals surface area (Å²) in [5.41, 5.74) is 2.13. The van der Waals surface area contributed by atoms with E-state index < -0.39 is 17.4 Å². The Labute approximate surface area is 203 Å². The topological polar surface area (TPSA) is 97.6 Å². The van der Waals surface area contributed by atoms with E-state index in [4.69, 9.17) is 4.74 Å². The lowest BCUT2D eigenvalue weighted by Crippen LogP contribution is -2.45. The van der Waals surface area contributed by atoms with Crippen LogP contribution in [-0.2, 0) is 19.7 Å². The van der Waals surface area contributed by atoms with E-state index in [1.807, 2.05) is 53.4 Å². The van der Waals surface area contributed by atoms with Crippen LogP contribution in [0.15, 0.2) is 54.7 Å². The summed E-state index contributed by atoms with van der Waals surface area (Å²) in [5, 5.41) is 7.98. The van der Waals surface area contributed by atoms with Crippen molar-refractivity contribution in [3.8, 4) is 5.69 Å². The first-order valence-electron chi connectivity index (χ1n) is 11.6. The number of methoxy groups -OCH3 is 1. The maximum absolute atomic E-state index is 14.2. The second-order valence-corrected chi connectivity index (χ2v) is 9.52. The Hall–Kier alpha value is -4.01. The van der Waals surface area contributed by atoms with Gasteiger partial charge in [-0.05, 0) is 35.2 Å². The van der Waals surface area contributed by atoms with Gasteiger partial charge in [0.15, 0.2) is 5.69 Å². The number of anilines is 1. The number of aromatic nitrogens is 3. The Morgan fingerprint density at radius 2 is 1.91 bits per heavy atom. The number of esters is 1. The van der Waals surface area contributed by atoms with Crippen molar-refractivity contribution in [2.75, 3.05) is 25.6 Å². The van der Waals surface area contributed by atoms with Gasteiger partial charge in [0.2, 0.25) is 11.8 Å². The van der Waals surface area contributed by atoms with Gasteiger partial charge >= 0.3 is 5.97 Å². The lowest BCUT2D eigenvalue weighted by molar-refractivity contribution is -0.128. The number of hydrogen-bond donors (Lipinski definition) is 0. The number of hydrogen-bond acceptors (Lipinski definition) is 6. The molecule has 2 amide bonds. The molecule has 1 unspecified atom stereocenters. The van der Waals surface area contributed by atoms with Gasteiger partial charge in [0.1, 0.15) is 5.41 Å². The first kappa shape index (κ1) is 22.8. The fourth-order valence-corrected chi connectivity index (χ4v) is 5.37. The molecule has 35 heavy (non-hydrogen) atoms. The molecule has 2 aliphatic heterocycles. The summed E-state index contributed by atoms with van der Waals surface area (Å²) >= 11 is 0. The summed E-state index contributed by atoms with van der Waals surface area (Å²) in [4.78, 5) is 42.8. The van der Waals surface area contributed by atoms with Crippen LogP contribution >= 0.6 is 0 Å². The lowest BCUT2D eigenvalue weighted by atomic mass is 9.72. The third-order valence-electron chi connectivity index (χ3n) is 6.87. The number of rotatable bonds is 5. The van der Waals surface area contributed by atoms with Crippen molar-refractivity contribution >= 4 is 23.5 Å². The maximum Gasteiger partial charge on any atom is 0.360 e. The van der Waals surface area contributed by atoms with E-state index in [1.54, 1.807) is 11.9 Å². The monoisotopic (exact) mass is 473 g/mol. The highest BCUT2D eigenvalue weighted by Crippen LogP contribution is 2.57. The number of amides is 2. The molecule has 1 aromatic heterocycles. The van der Waals surface area contributed by atoms with Gasteiger partial charge in [-0.25, -0.2) is 9.48 Å². The van der Waals surface area contributed by atoms with E-state index >= 15 is 0 Å². The summed E-state index contributed by atoms with van der Waals surface area (Å²) < 4.78 is 6.22. The average Bonchev–Trinajstić information content (AvgIpc) is 3.51. The van der Waals surface area contributed by atoms with E-state index in [9.17, 15) is 14.4 Å². The summed E-state index contributed by atoms with van der Waals surface area (Å²) in [7, 11) is 3.05. The van der Waals surface area contributed by atoms with E-state index in [-0.39, 0.29) is 29.8 Å². The fraction of sp³-hybridized carbons (Fsp3) is 0.346. The third kappa shape index (κ3) is 3.41. The number of fused-ring (bicyclic) bond motifs is 2. The highest BCUT2D eigenvalue weighted by molar-refractivity contribution is 6.12. The van der Waals surface area contributed by atoms with Gasteiger partial charge in [-0.1, -0.05) is 49.4 Å². The van der Waals surface area contributed by atoms with Crippen molar-refractivity contribution in [2.45, 2.75) is 31.7 Å². The smallest absolute Gasteiger partial charge is 0.360 e.